The molecule has 0 saturated carbocycles. The number of hydrogen-bond donors (Lipinski definition) is 5. The van der Waals surface area contributed by atoms with Crippen molar-refractivity contribution in [3.63, 3.8) is 0 Å². The molecule has 0 rings (SSSR count). The number of carbonyl (C=O) groups is 2. The lowest BCUT2D eigenvalue weighted by Crippen LogP contribution is -2.30. The molecule has 0 amide bonds. The lowest BCUT2D eigenvalue weighted by molar-refractivity contribution is -0.161. The number of esters is 2. The lowest BCUT2D eigenvalue weighted by Gasteiger charge is -2.20. The van der Waals surface area contributed by atoms with Gasteiger partial charge in [-0.25, -0.2) is 4.57 Å². The van der Waals surface area contributed by atoms with Gasteiger partial charge in [0.25, 0.3) is 0 Å². The summed E-state index contributed by atoms with van der Waals surface area (Å²) in [5, 5.41) is 30.4. The molecule has 0 bridgehead atoms. The Labute approximate surface area is 335 Å². The highest BCUT2D eigenvalue weighted by atomic mass is 31.2. The van der Waals surface area contributed by atoms with Crippen molar-refractivity contribution in [3.8, 4) is 0 Å². The van der Waals surface area contributed by atoms with Crippen molar-refractivity contribution < 1.29 is 52.9 Å². The summed E-state index contributed by atoms with van der Waals surface area (Å²) in [4.78, 5) is 34.8. The summed E-state index contributed by atoms with van der Waals surface area (Å²) in [6.07, 6.45) is 36.7. The summed E-state index contributed by atoms with van der Waals surface area (Å²) in [7, 11) is -4.49. The van der Waals surface area contributed by atoms with Crippen LogP contribution < -0.4 is 5.73 Å². The second-order valence-corrected chi connectivity index (χ2v) is 14.4. The number of rotatable bonds is 35. The summed E-state index contributed by atoms with van der Waals surface area (Å²) in [5.74, 6) is -1.22. The Morgan fingerprint density at radius 2 is 1.29 bits per heavy atom. The molecule has 0 aliphatic carbocycles. The number of unbranched alkanes of at least 4 members (excludes halogenated alkanes) is 4. The van der Waals surface area contributed by atoms with Crippen LogP contribution in [0, 0.1) is 0 Å². The molecule has 0 aromatic rings. The zero-order chi connectivity index (χ0) is 41.5. The molecule has 56 heavy (non-hydrogen) atoms. The van der Waals surface area contributed by atoms with E-state index in [0.29, 0.717) is 6.42 Å². The van der Waals surface area contributed by atoms with E-state index in [2.05, 4.69) is 62.5 Å². The molecule has 0 radical (unpaired) electrons. The van der Waals surface area contributed by atoms with Crippen molar-refractivity contribution in [1.82, 2.24) is 0 Å². The molecule has 1 unspecified atom stereocenters. The largest absolute Gasteiger partial charge is 0.472 e. The Morgan fingerprint density at radius 1 is 0.679 bits per heavy atom. The van der Waals surface area contributed by atoms with Gasteiger partial charge < -0.3 is 35.4 Å². The predicted octanol–water partition coefficient (Wildman–Crippen LogP) is 7.96. The number of phosphoric ester groups is 1. The second kappa shape index (κ2) is 37.4. The molecular formula is C43H70NO11P. The van der Waals surface area contributed by atoms with E-state index < -0.39 is 57.4 Å². The monoisotopic (exact) mass is 807 g/mol. The van der Waals surface area contributed by atoms with Gasteiger partial charge in [-0.1, -0.05) is 130 Å². The fourth-order valence-corrected chi connectivity index (χ4v) is 5.48. The van der Waals surface area contributed by atoms with Crippen LogP contribution >= 0.6 is 7.82 Å². The molecule has 0 aliphatic rings. The number of nitrogens with two attached hydrogens (primary N) is 1. The van der Waals surface area contributed by atoms with Gasteiger partial charge in [-0.3, -0.25) is 18.6 Å². The zero-order valence-electron chi connectivity index (χ0n) is 33.7. The summed E-state index contributed by atoms with van der Waals surface area (Å²) in [6.45, 7) is 3.02. The van der Waals surface area contributed by atoms with Crippen LogP contribution in [0.2, 0.25) is 0 Å². The Bertz CT molecular complexity index is 1290. The van der Waals surface area contributed by atoms with Gasteiger partial charge in [0.1, 0.15) is 6.61 Å². The minimum absolute atomic E-state index is 0.0137. The van der Waals surface area contributed by atoms with Crippen molar-refractivity contribution >= 4 is 19.8 Å². The minimum atomic E-state index is -4.49. The summed E-state index contributed by atoms with van der Waals surface area (Å²) < 4.78 is 32.4. The van der Waals surface area contributed by atoms with E-state index in [9.17, 15) is 34.4 Å². The maximum absolute atomic E-state index is 12.6. The third kappa shape index (κ3) is 35.2. The SMILES string of the molecule is CC/C=C\C/C=C\C/C=C\C/C=C\CCCCC(=O)OC[C@H](COP(=O)(O)OCCN)OC(=O)CCC[C@H](O)[C@@H](O)/C=C/C=C/C=C\C=C\[C@@H](O)CCCCC. The van der Waals surface area contributed by atoms with Crippen molar-refractivity contribution in [1.29, 1.82) is 0 Å². The molecule has 0 aromatic carbocycles. The molecule has 0 aromatic heterocycles. The number of aliphatic hydroxyl groups excluding tert-OH is 3. The van der Waals surface area contributed by atoms with Crippen LogP contribution in [0.1, 0.15) is 110 Å². The summed E-state index contributed by atoms with van der Waals surface area (Å²) in [6, 6.07) is 0. The molecule has 6 N–H and O–H groups in total. The maximum atomic E-state index is 12.6. The Kier molecular flexibility index (Phi) is 35.3. The number of aliphatic hydroxyl groups is 3. The molecule has 0 aliphatic heterocycles. The third-order valence-electron chi connectivity index (χ3n) is 7.82. The van der Waals surface area contributed by atoms with Crippen LogP contribution in [-0.4, -0.2) is 82.9 Å². The van der Waals surface area contributed by atoms with Gasteiger partial charge in [0.15, 0.2) is 6.10 Å². The predicted molar refractivity (Wildman–Crippen MR) is 223 cm³/mol. The third-order valence-corrected chi connectivity index (χ3v) is 8.80. The van der Waals surface area contributed by atoms with Crippen LogP contribution in [0.15, 0.2) is 97.2 Å². The first-order valence-electron chi connectivity index (χ1n) is 20.0. The summed E-state index contributed by atoms with van der Waals surface area (Å²) >= 11 is 0. The second-order valence-electron chi connectivity index (χ2n) is 13.0. The van der Waals surface area contributed by atoms with E-state index in [0.717, 1.165) is 64.2 Å². The van der Waals surface area contributed by atoms with Gasteiger partial charge >= 0.3 is 19.8 Å². The average molecular weight is 808 g/mol. The molecule has 0 fully saturated rings. The first kappa shape index (κ1) is 52.8. The minimum Gasteiger partial charge on any atom is -0.462 e. The number of carbonyl (C=O) groups excluding carboxylic acids is 2. The van der Waals surface area contributed by atoms with E-state index in [-0.39, 0.29) is 38.8 Å². The zero-order valence-corrected chi connectivity index (χ0v) is 34.5. The standard InChI is InChI=1S/C43H70NO11P/c1-3-5-7-8-9-10-11-12-13-14-15-16-17-22-26-32-42(48)52-36-39(37-54-56(50,51)53-35-34-44)55-43(49)33-27-31-41(47)40(46)30-25-21-19-18-20-24-29-38(45)28-23-6-4-2/h5,7,9-10,12-13,15-16,18-21,24-25,29-30,38-41,45-47H,3-4,6,8,11,14,17,22-23,26-28,31-37,44H2,1-2H3,(H,50,51)/b7-5-,10-9-,13-12-,16-15-,20-18-,21-19+,29-24+,30-25+/t38-,39+,40-,41-/m0/s1. The van der Waals surface area contributed by atoms with Gasteiger partial charge in [0.05, 0.1) is 31.5 Å². The van der Waals surface area contributed by atoms with Crippen molar-refractivity contribution in [2.75, 3.05) is 26.4 Å². The van der Waals surface area contributed by atoms with Crippen LogP contribution in [0.25, 0.3) is 0 Å². The van der Waals surface area contributed by atoms with E-state index in [1.807, 2.05) is 0 Å². The van der Waals surface area contributed by atoms with Crippen molar-refractivity contribution in [3.05, 3.63) is 97.2 Å². The van der Waals surface area contributed by atoms with E-state index in [1.165, 1.54) is 6.08 Å². The van der Waals surface area contributed by atoms with Gasteiger partial charge in [0.2, 0.25) is 0 Å². The molecule has 0 heterocycles. The highest BCUT2D eigenvalue weighted by molar-refractivity contribution is 7.47. The number of phosphoric acid groups is 1. The Balaban J connectivity index is 4.65. The van der Waals surface area contributed by atoms with E-state index >= 15 is 0 Å². The summed E-state index contributed by atoms with van der Waals surface area (Å²) in [5.41, 5.74) is 5.31. The Hall–Kier alpha value is -3.19. The highest BCUT2D eigenvalue weighted by Gasteiger charge is 2.26. The van der Waals surface area contributed by atoms with Gasteiger partial charge in [-0.05, 0) is 64.2 Å². The molecule has 13 heteroatoms. The van der Waals surface area contributed by atoms with Crippen LogP contribution in [0.4, 0.5) is 0 Å². The normalized spacial score (nSPS) is 16.1. The molecular weight excluding hydrogens is 737 g/mol. The first-order valence-corrected chi connectivity index (χ1v) is 21.5. The molecule has 12 nitrogen and oxygen atoms in total. The molecule has 0 saturated heterocycles. The topological polar surface area (TPSA) is 195 Å². The van der Waals surface area contributed by atoms with Gasteiger partial charge in [-0.15, -0.1) is 0 Å². The fourth-order valence-electron chi connectivity index (χ4n) is 4.71. The number of allylic oxidation sites excluding steroid dienone is 14. The van der Waals surface area contributed by atoms with Crippen LogP contribution in [0.5, 0.6) is 0 Å². The molecule has 318 valence electrons. The maximum Gasteiger partial charge on any atom is 0.472 e. The average Bonchev–Trinajstić information content (AvgIpc) is 3.17. The van der Waals surface area contributed by atoms with E-state index in [4.69, 9.17) is 24.3 Å². The van der Waals surface area contributed by atoms with Crippen LogP contribution in [-0.2, 0) is 32.7 Å². The molecule has 5 atom stereocenters. The highest BCUT2D eigenvalue weighted by Crippen LogP contribution is 2.43. The fraction of sp³-hybridized carbons (Fsp3) is 0.581. The van der Waals surface area contributed by atoms with Gasteiger partial charge in [0, 0.05) is 19.4 Å². The van der Waals surface area contributed by atoms with Gasteiger partial charge in [-0.2, -0.15) is 0 Å². The van der Waals surface area contributed by atoms with E-state index in [1.54, 1.807) is 42.5 Å². The number of ether oxygens (including phenoxy) is 2. The first-order chi connectivity index (χ1) is 27.0. The van der Waals surface area contributed by atoms with Crippen molar-refractivity contribution in [2.24, 2.45) is 5.73 Å². The smallest absolute Gasteiger partial charge is 0.462 e. The number of hydrogen-bond acceptors (Lipinski definition) is 11. The molecule has 0 spiro atoms. The Morgan fingerprint density at radius 3 is 1.93 bits per heavy atom. The lowest BCUT2D eigenvalue weighted by atomic mass is 10.1. The van der Waals surface area contributed by atoms with Crippen molar-refractivity contribution in [2.45, 2.75) is 135 Å². The quantitative estimate of drug-likeness (QED) is 0.0137. The van der Waals surface area contributed by atoms with Crippen LogP contribution in [0.3, 0.4) is 0 Å².